The van der Waals surface area contributed by atoms with E-state index in [-0.39, 0.29) is 5.41 Å². The van der Waals surface area contributed by atoms with E-state index in [9.17, 15) is 0 Å². The van der Waals surface area contributed by atoms with Gasteiger partial charge in [-0.05, 0) is 123 Å². The van der Waals surface area contributed by atoms with Crippen LogP contribution in [0.15, 0.2) is 182 Å². The van der Waals surface area contributed by atoms with E-state index >= 15 is 0 Å². The predicted molar refractivity (Wildman–Crippen MR) is 272 cm³/mol. The zero-order valence-electron chi connectivity index (χ0n) is 36.9. The van der Waals surface area contributed by atoms with Crippen LogP contribution in [-0.4, -0.2) is 16.1 Å². The van der Waals surface area contributed by atoms with Crippen molar-refractivity contribution in [3.8, 4) is 11.1 Å². The van der Waals surface area contributed by atoms with Crippen LogP contribution in [0.4, 0.5) is 34.1 Å². The molecule has 1 aliphatic rings. The van der Waals surface area contributed by atoms with Crippen LogP contribution in [0.2, 0.25) is 39.3 Å². The topological polar surface area (TPSA) is 6.48 Å². The van der Waals surface area contributed by atoms with E-state index in [4.69, 9.17) is 0 Å². The molecule has 0 radical (unpaired) electrons. The molecule has 0 amide bonds. The number of benzene rings is 8. The maximum Gasteiger partial charge on any atom is 0.0775 e. The molecule has 8 aromatic rings. The quantitative estimate of drug-likeness (QED) is 0.100. The van der Waals surface area contributed by atoms with Gasteiger partial charge in [0.05, 0.1) is 16.1 Å². The second kappa shape index (κ2) is 15.7. The zero-order valence-corrected chi connectivity index (χ0v) is 38.9. The Morgan fingerprint density at radius 2 is 0.738 bits per heavy atom. The van der Waals surface area contributed by atoms with Gasteiger partial charge in [-0.15, -0.1) is 0 Å². The summed E-state index contributed by atoms with van der Waals surface area (Å²) in [5.41, 5.74) is 14.6. The van der Waals surface area contributed by atoms with Crippen molar-refractivity contribution in [3.63, 3.8) is 0 Å². The molecule has 61 heavy (non-hydrogen) atoms. The Kier molecular flexibility index (Phi) is 10.3. The SMILES string of the molecule is CC1(C)c2cc(/C=C/c3ccc4cc(N(c5ccccc5)c5ccc([Si](C)(C)C)cc5)ccc4c3)ccc2-c2ccc(N(c3ccccc3)c3ccc([Si](C)(C)C)cc3)cc21. The third-order valence-corrected chi connectivity index (χ3v) is 16.7. The molecule has 0 spiro atoms. The van der Waals surface area contributed by atoms with Crippen molar-refractivity contribution in [2.24, 2.45) is 0 Å². The van der Waals surface area contributed by atoms with Crippen molar-refractivity contribution in [2.75, 3.05) is 9.80 Å². The first-order chi connectivity index (χ1) is 29.2. The Bertz CT molecular complexity index is 2880. The minimum absolute atomic E-state index is 0.154. The summed E-state index contributed by atoms with van der Waals surface area (Å²) >= 11 is 0. The maximum absolute atomic E-state index is 2.42. The van der Waals surface area contributed by atoms with E-state index in [1.807, 2.05) is 0 Å². The summed E-state index contributed by atoms with van der Waals surface area (Å²) in [6.45, 7) is 19.2. The lowest BCUT2D eigenvalue weighted by Crippen LogP contribution is -2.37. The Morgan fingerprint density at radius 1 is 0.361 bits per heavy atom. The molecule has 0 bridgehead atoms. The van der Waals surface area contributed by atoms with Gasteiger partial charge in [0.1, 0.15) is 0 Å². The molecule has 0 atom stereocenters. The molecular weight excluding hydrogens is 769 g/mol. The fraction of sp³-hybridized carbons (Fsp3) is 0.158. The van der Waals surface area contributed by atoms with Gasteiger partial charge >= 0.3 is 0 Å². The average molecular weight is 825 g/mol. The van der Waals surface area contributed by atoms with Crippen LogP contribution in [0.3, 0.4) is 0 Å². The molecule has 0 heterocycles. The molecule has 2 nitrogen and oxygen atoms in total. The molecule has 0 saturated heterocycles. The van der Waals surface area contributed by atoms with Gasteiger partial charge in [-0.25, -0.2) is 0 Å². The van der Waals surface area contributed by atoms with Crippen LogP contribution >= 0.6 is 0 Å². The number of fused-ring (bicyclic) bond motifs is 4. The fourth-order valence-corrected chi connectivity index (χ4v) is 11.3. The third-order valence-electron chi connectivity index (χ3n) is 12.5. The van der Waals surface area contributed by atoms with Crippen molar-refractivity contribution >= 4 is 83.6 Å². The van der Waals surface area contributed by atoms with Crippen LogP contribution in [0.1, 0.15) is 36.1 Å². The Morgan fingerprint density at radius 3 is 1.26 bits per heavy atom. The minimum Gasteiger partial charge on any atom is -0.310 e. The highest BCUT2D eigenvalue weighted by Crippen LogP contribution is 2.51. The Labute approximate surface area is 365 Å². The molecular formula is C57H56N2Si2. The van der Waals surface area contributed by atoms with Crippen LogP contribution in [0.25, 0.3) is 34.1 Å². The van der Waals surface area contributed by atoms with Gasteiger partial charge in [-0.2, -0.15) is 0 Å². The molecule has 0 N–H and O–H groups in total. The first-order valence-electron chi connectivity index (χ1n) is 21.7. The van der Waals surface area contributed by atoms with Crippen molar-refractivity contribution in [1.29, 1.82) is 0 Å². The predicted octanol–water partition coefficient (Wildman–Crippen LogP) is 15.3. The van der Waals surface area contributed by atoms with Gasteiger partial charge in [-0.3, -0.25) is 0 Å². The van der Waals surface area contributed by atoms with Gasteiger partial charge < -0.3 is 9.80 Å². The van der Waals surface area contributed by atoms with E-state index in [0.29, 0.717) is 0 Å². The number of para-hydroxylation sites is 2. The molecule has 0 unspecified atom stereocenters. The molecule has 0 saturated carbocycles. The fourth-order valence-electron chi connectivity index (χ4n) is 8.94. The van der Waals surface area contributed by atoms with Gasteiger partial charge in [-0.1, -0.05) is 179 Å². The Balaban J connectivity index is 0.986. The molecule has 0 aromatic heterocycles. The zero-order chi connectivity index (χ0) is 42.5. The summed E-state index contributed by atoms with van der Waals surface area (Å²) < 4.78 is 0. The minimum atomic E-state index is -1.42. The van der Waals surface area contributed by atoms with E-state index in [0.717, 1.165) is 17.1 Å². The van der Waals surface area contributed by atoms with Crippen molar-refractivity contribution in [2.45, 2.75) is 58.5 Å². The summed E-state index contributed by atoms with van der Waals surface area (Å²) in [5.74, 6) is 0. The second-order valence-electron chi connectivity index (χ2n) is 19.2. The lowest BCUT2D eigenvalue weighted by Gasteiger charge is -2.28. The molecule has 0 fully saturated rings. The van der Waals surface area contributed by atoms with E-state index < -0.39 is 16.1 Å². The van der Waals surface area contributed by atoms with Gasteiger partial charge in [0.25, 0.3) is 0 Å². The lowest BCUT2D eigenvalue weighted by atomic mass is 9.81. The normalized spacial score (nSPS) is 13.3. The van der Waals surface area contributed by atoms with Crippen molar-refractivity contribution < 1.29 is 0 Å². The maximum atomic E-state index is 2.42. The number of hydrogen-bond acceptors (Lipinski definition) is 2. The first kappa shape index (κ1) is 40.2. The third kappa shape index (κ3) is 7.94. The molecule has 0 aliphatic heterocycles. The summed E-state index contributed by atoms with van der Waals surface area (Å²) in [5, 5.41) is 5.39. The van der Waals surface area contributed by atoms with Crippen LogP contribution in [-0.2, 0) is 5.41 Å². The first-order valence-corrected chi connectivity index (χ1v) is 28.7. The van der Waals surface area contributed by atoms with Crippen molar-refractivity contribution in [3.05, 3.63) is 204 Å². The van der Waals surface area contributed by atoms with Crippen LogP contribution < -0.4 is 20.2 Å². The number of anilines is 6. The highest BCUT2D eigenvalue weighted by molar-refractivity contribution is 6.89. The second-order valence-corrected chi connectivity index (χ2v) is 29.4. The molecule has 8 aromatic carbocycles. The average Bonchev–Trinajstić information content (AvgIpc) is 3.48. The highest BCUT2D eigenvalue weighted by Gasteiger charge is 2.36. The van der Waals surface area contributed by atoms with Gasteiger partial charge in [0.15, 0.2) is 0 Å². The molecule has 302 valence electrons. The number of hydrogen-bond donors (Lipinski definition) is 0. The lowest BCUT2D eigenvalue weighted by molar-refractivity contribution is 0.660. The van der Waals surface area contributed by atoms with Gasteiger partial charge in [0.2, 0.25) is 0 Å². The smallest absolute Gasteiger partial charge is 0.0775 e. The largest absolute Gasteiger partial charge is 0.310 e. The van der Waals surface area contributed by atoms with Gasteiger partial charge in [0, 0.05) is 39.5 Å². The molecule has 4 heteroatoms. The van der Waals surface area contributed by atoms with Crippen LogP contribution in [0, 0.1) is 0 Å². The molecule has 9 rings (SSSR count). The van der Waals surface area contributed by atoms with Crippen molar-refractivity contribution in [1.82, 2.24) is 0 Å². The van der Waals surface area contributed by atoms with E-state index in [1.165, 1.54) is 71.6 Å². The summed E-state index contributed by atoms with van der Waals surface area (Å²) in [6.07, 6.45) is 4.52. The van der Waals surface area contributed by atoms with E-state index in [1.54, 1.807) is 0 Å². The molecule has 1 aliphatic carbocycles. The Hall–Kier alpha value is -6.21. The van der Waals surface area contributed by atoms with E-state index in [2.05, 4.69) is 257 Å². The monoisotopic (exact) mass is 824 g/mol. The number of nitrogens with zero attached hydrogens (tertiary/aromatic N) is 2. The number of rotatable bonds is 10. The highest BCUT2D eigenvalue weighted by atomic mass is 28.3. The summed E-state index contributed by atoms with van der Waals surface area (Å²) in [4.78, 5) is 4.76. The summed E-state index contributed by atoms with van der Waals surface area (Å²) in [6, 6.07) is 67.6. The van der Waals surface area contributed by atoms with Crippen LogP contribution in [0.5, 0.6) is 0 Å². The summed E-state index contributed by atoms with van der Waals surface area (Å²) in [7, 11) is -2.82. The standard InChI is InChI=1S/C57H56N2Si2/c1-57(2)55-38-42(22-35-53(55)54-36-30-50(40-56(54)57)59(46-17-13-10-14-18-46)48-28-33-52(34-29-48)61(6,7)8)20-19-41-21-23-44-39-49(25-24-43(44)37-41)58(45-15-11-9-12-16-45)47-26-31-51(32-27-47)60(3,4)5/h9-40H,1-8H3/b20-19+.